The van der Waals surface area contributed by atoms with Crippen LogP contribution in [0.15, 0.2) is 17.3 Å². The van der Waals surface area contributed by atoms with Crippen LogP contribution in [-0.2, 0) is 10.0 Å². The summed E-state index contributed by atoms with van der Waals surface area (Å²) in [5.41, 5.74) is 5.35. The molecule has 0 aliphatic heterocycles. The smallest absolute Gasteiger partial charge is 0.246 e. The van der Waals surface area contributed by atoms with Crippen LogP contribution in [0.3, 0.4) is 0 Å². The lowest BCUT2D eigenvalue weighted by Crippen LogP contribution is -2.32. The molecule has 1 rings (SSSR count). The Morgan fingerprint density at radius 2 is 2.33 bits per heavy atom. The second kappa shape index (κ2) is 5.24. The Hall–Kier alpha value is -0.920. The number of nitrogens with zero attached hydrogens (tertiary/aromatic N) is 2. The van der Waals surface area contributed by atoms with Crippen molar-refractivity contribution in [1.82, 2.24) is 14.5 Å². The molecule has 15 heavy (non-hydrogen) atoms. The Labute approximate surface area is 89.5 Å². The number of aromatic nitrogens is 2. The molecule has 0 atom stereocenters. The number of H-pyrrole nitrogens is 1. The summed E-state index contributed by atoms with van der Waals surface area (Å²) in [5, 5.41) is 6.12. The molecule has 0 amide bonds. The molecule has 0 aromatic carbocycles. The lowest BCUT2D eigenvalue weighted by atomic mass is 10.4. The van der Waals surface area contributed by atoms with Gasteiger partial charge in [-0.15, -0.1) is 0 Å². The fourth-order valence-electron chi connectivity index (χ4n) is 1.25. The molecule has 7 heteroatoms. The Morgan fingerprint density at radius 1 is 1.60 bits per heavy atom. The molecule has 1 aromatic rings. The zero-order valence-corrected chi connectivity index (χ0v) is 9.50. The lowest BCUT2D eigenvalue weighted by molar-refractivity contribution is 0.423. The van der Waals surface area contributed by atoms with Gasteiger partial charge in [0.25, 0.3) is 0 Å². The van der Waals surface area contributed by atoms with Crippen LogP contribution < -0.4 is 5.73 Å². The molecule has 0 aliphatic rings. The van der Waals surface area contributed by atoms with Crippen LogP contribution in [0.5, 0.6) is 0 Å². The van der Waals surface area contributed by atoms with Gasteiger partial charge in [-0.2, -0.15) is 9.40 Å². The van der Waals surface area contributed by atoms with Crippen molar-refractivity contribution in [2.45, 2.75) is 18.2 Å². The van der Waals surface area contributed by atoms with E-state index in [1.54, 1.807) is 6.92 Å². The average molecular weight is 232 g/mol. The van der Waals surface area contributed by atoms with Gasteiger partial charge in [0.05, 0.1) is 6.20 Å². The SMILES string of the molecule is CCN(CCCN)S(=O)(=O)c1cn[nH]c1. The molecule has 0 spiro atoms. The molecule has 0 aliphatic carbocycles. The zero-order valence-electron chi connectivity index (χ0n) is 8.68. The van der Waals surface area contributed by atoms with E-state index < -0.39 is 10.0 Å². The van der Waals surface area contributed by atoms with Crippen LogP contribution in [0.4, 0.5) is 0 Å². The molecule has 86 valence electrons. The third-order valence-electron chi connectivity index (χ3n) is 2.08. The third-order valence-corrected chi connectivity index (χ3v) is 4.01. The van der Waals surface area contributed by atoms with E-state index in [0.717, 1.165) is 0 Å². The summed E-state index contributed by atoms with van der Waals surface area (Å²) in [4.78, 5) is 0.196. The van der Waals surface area contributed by atoms with Gasteiger partial charge in [-0.25, -0.2) is 8.42 Å². The highest BCUT2D eigenvalue weighted by Crippen LogP contribution is 2.13. The number of nitrogens with one attached hydrogen (secondary N) is 1. The predicted octanol–water partition coefficient (Wildman–Crippen LogP) is -0.231. The van der Waals surface area contributed by atoms with Gasteiger partial charge in [0.1, 0.15) is 4.90 Å². The monoisotopic (exact) mass is 232 g/mol. The summed E-state index contributed by atoms with van der Waals surface area (Å²) >= 11 is 0. The van der Waals surface area contributed by atoms with Crippen molar-refractivity contribution < 1.29 is 8.42 Å². The third kappa shape index (κ3) is 2.77. The van der Waals surface area contributed by atoms with E-state index in [0.29, 0.717) is 26.1 Å². The fraction of sp³-hybridized carbons (Fsp3) is 0.625. The molecule has 6 nitrogen and oxygen atoms in total. The normalized spacial score (nSPS) is 12.2. The minimum Gasteiger partial charge on any atom is -0.330 e. The predicted molar refractivity (Wildman–Crippen MR) is 56.7 cm³/mol. The number of sulfonamides is 1. The van der Waals surface area contributed by atoms with Crippen LogP contribution in [0.25, 0.3) is 0 Å². The van der Waals surface area contributed by atoms with Crippen molar-refractivity contribution in [3.63, 3.8) is 0 Å². The maximum atomic E-state index is 12.0. The van der Waals surface area contributed by atoms with Gasteiger partial charge in [0.2, 0.25) is 10.0 Å². The molecule has 1 heterocycles. The van der Waals surface area contributed by atoms with E-state index in [4.69, 9.17) is 5.73 Å². The van der Waals surface area contributed by atoms with Crippen LogP contribution in [0.1, 0.15) is 13.3 Å². The van der Waals surface area contributed by atoms with Gasteiger partial charge in [-0.1, -0.05) is 6.92 Å². The van der Waals surface area contributed by atoms with Crippen molar-refractivity contribution in [2.75, 3.05) is 19.6 Å². The van der Waals surface area contributed by atoms with Crippen molar-refractivity contribution in [1.29, 1.82) is 0 Å². The maximum Gasteiger partial charge on any atom is 0.246 e. The fourth-order valence-corrected chi connectivity index (χ4v) is 2.64. The van der Waals surface area contributed by atoms with Crippen molar-refractivity contribution >= 4 is 10.0 Å². The molecular weight excluding hydrogens is 216 g/mol. The van der Waals surface area contributed by atoms with Crippen molar-refractivity contribution in [3.8, 4) is 0 Å². The van der Waals surface area contributed by atoms with E-state index >= 15 is 0 Å². The molecule has 0 bridgehead atoms. The largest absolute Gasteiger partial charge is 0.330 e. The molecular formula is C8H16N4O2S. The number of rotatable bonds is 6. The molecule has 0 fully saturated rings. The lowest BCUT2D eigenvalue weighted by Gasteiger charge is -2.18. The first-order valence-corrected chi connectivity index (χ1v) is 6.26. The topological polar surface area (TPSA) is 92.1 Å². The first kappa shape index (κ1) is 12.2. The summed E-state index contributed by atoms with van der Waals surface area (Å²) < 4.78 is 25.3. The highest BCUT2D eigenvalue weighted by Gasteiger charge is 2.23. The van der Waals surface area contributed by atoms with Crippen LogP contribution in [-0.4, -0.2) is 42.6 Å². The van der Waals surface area contributed by atoms with E-state index in [-0.39, 0.29) is 4.90 Å². The van der Waals surface area contributed by atoms with E-state index in [1.807, 2.05) is 0 Å². The molecule has 0 unspecified atom stereocenters. The van der Waals surface area contributed by atoms with Gasteiger partial charge in [-0.05, 0) is 13.0 Å². The van der Waals surface area contributed by atoms with Gasteiger partial charge in [0, 0.05) is 19.3 Å². The van der Waals surface area contributed by atoms with Crippen LogP contribution in [0, 0.1) is 0 Å². The van der Waals surface area contributed by atoms with Gasteiger partial charge in [0.15, 0.2) is 0 Å². The summed E-state index contributed by atoms with van der Waals surface area (Å²) in [7, 11) is -3.40. The van der Waals surface area contributed by atoms with Gasteiger partial charge < -0.3 is 5.73 Å². The Kier molecular flexibility index (Phi) is 4.25. The molecule has 1 aromatic heterocycles. The molecule has 0 saturated heterocycles. The quantitative estimate of drug-likeness (QED) is 0.708. The van der Waals surface area contributed by atoms with Crippen LogP contribution in [0.2, 0.25) is 0 Å². The standard InChI is InChI=1S/C8H16N4O2S/c1-2-12(5-3-4-9)15(13,14)8-6-10-11-7-8/h6-7H,2-5,9H2,1H3,(H,10,11). The van der Waals surface area contributed by atoms with E-state index in [1.165, 1.54) is 16.7 Å². The summed E-state index contributed by atoms with van der Waals surface area (Å²) in [5.74, 6) is 0. The first-order chi connectivity index (χ1) is 7.12. The minimum absolute atomic E-state index is 0.196. The number of hydrogen-bond acceptors (Lipinski definition) is 4. The highest BCUT2D eigenvalue weighted by molar-refractivity contribution is 7.89. The Balaban J connectivity index is 2.83. The van der Waals surface area contributed by atoms with Crippen LogP contribution >= 0.6 is 0 Å². The molecule has 3 N–H and O–H groups in total. The summed E-state index contributed by atoms with van der Waals surface area (Å²) in [6.45, 7) is 3.17. The average Bonchev–Trinajstić information content (AvgIpc) is 2.72. The minimum atomic E-state index is -3.40. The van der Waals surface area contributed by atoms with Crippen molar-refractivity contribution in [3.05, 3.63) is 12.4 Å². The zero-order chi connectivity index (χ0) is 11.3. The Bertz CT molecular complexity index is 373. The molecule has 0 radical (unpaired) electrons. The van der Waals surface area contributed by atoms with Gasteiger partial charge >= 0.3 is 0 Å². The maximum absolute atomic E-state index is 12.0. The Morgan fingerprint density at radius 3 is 2.80 bits per heavy atom. The van der Waals surface area contributed by atoms with E-state index in [9.17, 15) is 8.42 Å². The van der Waals surface area contributed by atoms with E-state index in [2.05, 4.69) is 10.2 Å². The summed E-state index contributed by atoms with van der Waals surface area (Å²) in [6.07, 6.45) is 3.34. The second-order valence-corrected chi connectivity index (χ2v) is 5.01. The first-order valence-electron chi connectivity index (χ1n) is 4.82. The number of aromatic amines is 1. The molecule has 0 saturated carbocycles. The number of nitrogens with two attached hydrogens (primary N) is 1. The highest BCUT2D eigenvalue weighted by atomic mass is 32.2. The second-order valence-electron chi connectivity index (χ2n) is 3.07. The van der Waals surface area contributed by atoms with Crippen molar-refractivity contribution in [2.24, 2.45) is 5.73 Å². The summed E-state index contributed by atoms with van der Waals surface area (Å²) in [6, 6.07) is 0. The number of hydrogen-bond donors (Lipinski definition) is 2. The van der Waals surface area contributed by atoms with Gasteiger partial charge in [-0.3, -0.25) is 5.10 Å².